The van der Waals surface area contributed by atoms with Gasteiger partial charge in [0.25, 0.3) is 5.91 Å². The second-order valence-electron chi connectivity index (χ2n) is 9.27. The minimum atomic E-state index is -0.990. The van der Waals surface area contributed by atoms with E-state index in [1.807, 2.05) is 29.2 Å². The average molecular weight is 396 g/mol. The molecule has 0 bridgehead atoms. The first-order valence-electron chi connectivity index (χ1n) is 11.0. The molecular formula is C23H29N3O3. The summed E-state index contributed by atoms with van der Waals surface area (Å²) in [5.74, 6) is 0.688. The molecule has 0 aromatic heterocycles. The van der Waals surface area contributed by atoms with Crippen LogP contribution in [0.2, 0.25) is 0 Å². The number of aryl methyl sites for hydroxylation is 1. The molecule has 0 unspecified atom stereocenters. The Labute approximate surface area is 171 Å². The van der Waals surface area contributed by atoms with E-state index in [0.717, 1.165) is 41.8 Å². The molecule has 6 heteroatoms. The lowest BCUT2D eigenvalue weighted by Crippen LogP contribution is -2.55. The lowest BCUT2D eigenvalue weighted by Gasteiger charge is -2.47. The highest BCUT2D eigenvalue weighted by atomic mass is 16.2. The molecule has 5 rings (SSSR count). The number of fused-ring (bicyclic) bond motifs is 3. The zero-order chi connectivity index (χ0) is 20.2. The van der Waals surface area contributed by atoms with E-state index in [1.54, 1.807) is 0 Å². The number of rotatable bonds is 2. The number of nitrogens with zero attached hydrogens (tertiary/aromatic N) is 2. The first-order valence-corrected chi connectivity index (χ1v) is 11.0. The van der Waals surface area contributed by atoms with Gasteiger partial charge in [0.15, 0.2) is 0 Å². The van der Waals surface area contributed by atoms with Crippen molar-refractivity contribution in [3.63, 3.8) is 0 Å². The van der Waals surface area contributed by atoms with Crippen LogP contribution in [-0.4, -0.2) is 46.8 Å². The topological polar surface area (TPSA) is 69.7 Å². The fraction of sp³-hybridized carbons (Fsp3) is 0.609. The summed E-state index contributed by atoms with van der Waals surface area (Å²) < 4.78 is 0. The number of imide groups is 1. The van der Waals surface area contributed by atoms with Crippen molar-refractivity contribution in [3.8, 4) is 0 Å². The monoisotopic (exact) mass is 395 g/mol. The lowest BCUT2D eigenvalue weighted by atomic mass is 9.73. The van der Waals surface area contributed by atoms with E-state index in [-0.39, 0.29) is 24.4 Å². The molecule has 29 heavy (non-hydrogen) atoms. The molecule has 4 atom stereocenters. The number of hydrogen-bond acceptors (Lipinski definition) is 3. The highest BCUT2D eigenvalue weighted by Crippen LogP contribution is 2.42. The predicted octanol–water partition coefficient (Wildman–Crippen LogP) is 2.81. The van der Waals surface area contributed by atoms with Crippen LogP contribution >= 0.6 is 0 Å². The zero-order valence-electron chi connectivity index (χ0n) is 17.0. The molecule has 2 aliphatic carbocycles. The van der Waals surface area contributed by atoms with Gasteiger partial charge in [-0.05, 0) is 61.5 Å². The largest absolute Gasteiger partial charge is 0.338 e. The molecule has 1 aromatic rings. The van der Waals surface area contributed by atoms with Gasteiger partial charge in [-0.25, -0.2) is 4.79 Å². The highest BCUT2D eigenvalue weighted by molar-refractivity contribution is 6.09. The van der Waals surface area contributed by atoms with Crippen molar-refractivity contribution < 1.29 is 14.4 Å². The van der Waals surface area contributed by atoms with Crippen LogP contribution in [0.25, 0.3) is 0 Å². The Morgan fingerprint density at radius 3 is 2.83 bits per heavy atom. The standard InChI is InChI=1S/C23H29N3O3/c1-15-6-4-8-17-9-5-13-25(20(15)17)19(27)14-26-21(28)23(24-22(26)29)12-11-16-7-2-3-10-18(16)23/h2-3,7,10,15,17,20H,4-6,8-9,11-14H2,1H3,(H,24,29)/t15-,17-,20+,23+/m1/s1. The van der Waals surface area contributed by atoms with Gasteiger partial charge in [0.1, 0.15) is 12.1 Å². The molecule has 154 valence electrons. The molecule has 1 N–H and O–H groups in total. The van der Waals surface area contributed by atoms with Crippen LogP contribution in [0.3, 0.4) is 0 Å². The number of carbonyl (C=O) groups is 3. The smallest absolute Gasteiger partial charge is 0.325 e. The van der Waals surface area contributed by atoms with E-state index in [4.69, 9.17) is 0 Å². The fourth-order valence-electron chi connectivity index (χ4n) is 6.31. The molecule has 4 amide bonds. The third-order valence-electron chi connectivity index (χ3n) is 7.67. The Morgan fingerprint density at radius 1 is 1.17 bits per heavy atom. The molecule has 3 fully saturated rings. The second kappa shape index (κ2) is 6.85. The summed E-state index contributed by atoms with van der Waals surface area (Å²) in [5, 5.41) is 2.93. The van der Waals surface area contributed by atoms with Gasteiger partial charge in [0.2, 0.25) is 5.91 Å². The van der Waals surface area contributed by atoms with Crippen LogP contribution in [-0.2, 0) is 21.5 Å². The summed E-state index contributed by atoms with van der Waals surface area (Å²) in [6.45, 7) is 2.83. The number of likely N-dealkylation sites (tertiary alicyclic amines) is 1. The van der Waals surface area contributed by atoms with Crippen molar-refractivity contribution in [1.29, 1.82) is 0 Å². The minimum Gasteiger partial charge on any atom is -0.338 e. The number of amides is 4. The van der Waals surface area contributed by atoms with Crippen molar-refractivity contribution >= 4 is 17.8 Å². The Morgan fingerprint density at radius 2 is 1.97 bits per heavy atom. The summed E-state index contributed by atoms with van der Waals surface area (Å²) in [6, 6.07) is 7.61. The van der Waals surface area contributed by atoms with Crippen LogP contribution in [0.4, 0.5) is 4.79 Å². The molecule has 2 saturated heterocycles. The Balaban J connectivity index is 1.36. The van der Waals surface area contributed by atoms with Gasteiger partial charge < -0.3 is 10.2 Å². The number of benzene rings is 1. The Kier molecular flexibility index (Phi) is 4.41. The molecule has 2 heterocycles. The van der Waals surface area contributed by atoms with Gasteiger partial charge in [-0.15, -0.1) is 0 Å². The van der Waals surface area contributed by atoms with Crippen molar-refractivity contribution in [2.75, 3.05) is 13.1 Å². The van der Waals surface area contributed by atoms with E-state index in [9.17, 15) is 14.4 Å². The van der Waals surface area contributed by atoms with E-state index in [1.165, 1.54) is 19.3 Å². The maximum atomic E-state index is 13.3. The number of piperidine rings is 1. The van der Waals surface area contributed by atoms with Crippen molar-refractivity contribution in [2.45, 2.75) is 63.5 Å². The molecule has 1 aromatic carbocycles. The van der Waals surface area contributed by atoms with Gasteiger partial charge in [0, 0.05) is 12.6 Å². The van der Waals surface area contributed by atoms with Gasteiger partial charge >= 0.3 is 6.03 Å². The van der Waals surface area contributed by atoms with Crippen LogP contribution < -0.4 is 5.32 Å². The maximum Gasteiger partial charge on any atom is 0.325 e. The molecule has 6 nitrogen and oxygen atoms in total. The van der Waals surface area contributed by atoms with E-state index < -0.39 is 11.6 Å². The van der Waals surface area contributed by atoms with E-state index in [2.05, 4.69) is 12.2 Å². The van der Waals surface area contributed by atoms with Crippen LogP contribution in [0.5, 0.6) is 0 Å². The van der Waals surface area contributed by atoms with Crippen LogP contribution in [0.15, 0.2) is 24.3 Å². The van der Waals surface area contributed by atoms with Gasteiger partial charge in [0.05, 0.1) is 0 Å². The summed E-state index contributed by atoms with van der Waals surface area (Å²) >= 11 is 0. The zero-order valence-corrected chi connectivity index (χ0v) is 17.0. The SMILES string of the molecule is C[C@@H]1CCC[C@@H]2CCCN(C(=O)CN3C(=O)N[C@]4(CCc5ccccc54)C3=O)[C@H]21. The van der Waals surface area contributed by atoms with E-state index >= 15 is 0 Å². The number of urea groups is 1. The highest BCUT2D eigenvalue weighted by Gasteiger charge is 2.56. The third kappa shape index (κ3) is 2.79. The quantitative estimate of drug-likeness (QED) is 0.783. The van der Waals surface area contributed by atoms with Crippen molar-refractivity contribution in [2.24, 2.45) is 11.8 Å². The number of nitrogens with one attached hydrogen (secondary N) is 1. The van der Waals surface area contributed by atoms with Gasteiger partial charge in [-0.3, -0.25) is 14.5 Å². The normalized spacial score (nSPS) is 33.6. The molecule has 0 radical (unpaired) electrons. The third-order valence-corrected chi connectivity index (χ3v) is 7.67. The molecule has 1 saturated carbocycles. The van der Waals surface area contributed by atoms with E-state index in [0.29, 0.717) is 18.3 Å². The average Bonchev–Trinajstić information content (AvgIpc) is 3.21. The van der Waals surface area contributed by atoms with Crippen molar-refractivity contribution in [3.05, 3.63) is 35.4 Å². The minimum absolute atomic E-state index is 0.0831. The lowest BCUT2D eigenvalue weighted by molar-refractivity contribution is -0.144. The van der Waals surface area contributed by atoms with Crippen LogP contribution in [0, 0.1) is 11.8 Å². The molecule has 1 spiro atoms. The Bertz CT molecular complexity index is 867. The fourth-order valence-corrected chi connectivity index (χ4v) is 6.31. The molecular weight excluding hydrogens is 366 g/mol. The predicted molar refractivity (Wildman–Crippen MR) is 108 cm³/mol. The first kappa shape index (κ1) is 18.6. The second-order valence-corrected chi connectivity index (χ2v) is 9.27. The van der Waals surface area contributed by atoms with Crippen molar-refractivity contribution in [1.82, 2.24) is 15.1 Å². The van der Waals surface area contributed by atoms with Gasteiger partial charge in [-0.1, -0.05) is 37.6 Å². The first-order chi connectivity index (χ1) is 14.0. The Hall–Kier alpha value is -2.37. The summed E-state index contributed by atoms with van der Waals surface area (Å²) in [5.41, 5.74) is 0.993. The summed E-state index contributed by atoms with van der Waals surface area (Å²) in [7, 11) is 0. The van der Waals surface area contributed by atoms with Crippen LogP contribution in [0.1, 0.15) is 56.6 Å². The molecule has 4 aliphatic rings. The number of carbonyl (C=O) groups excluding carboxylic acids is 3. The van der Waals surface area contributed by atoms with Gasteiger partial charge in [-0.2, -0.15) is 0 Å². The molecule has 2 aliphatic heterocycles. The maximum absolute atomic E-state index is 13.3. The number of hydrogen-bond donors (Lipinski definition) is 1. The summed E-state index contributed by atoms with van der Waals surface area (Å²) in [6.07, 6.45) is 7.08. The summed E-state index contributed by atoms with van der Waals surface area (Å²) in [4.78, 5) is 42.5.